The third-order valence-corrected chi connectivity index (χ3v) is 4.32. The van der Waals surface area contributed by atoms with Gasteiger partial charge in [-0.05, 0) is 41.9 Å². The Hall–Kier alpha value is -1.12. The van der Waals surface area contributed by atoms with Crippen LogP contribution in [-0.2, 0) is 10.0 Å². The molecule has 0 heterocycles. The minimum Gasteiger partial charge on any atom is -0.494 e. The van der Waals surface area contributed by atoms with Gasteiger partial charge in [0.05, 0.1) is 11.6 Å². The minimum absolute atomic E-state index is 0.0867. The maximum Gasteiger partial charge on any atom is 0.253 e. The van der Waals surface area contributed by atoms with Crippen LogP contribution >= 0.6 is 15.9 Å². The van der Waals surface area contributed by atoms with E-state index in [0.717, 1.165) is 0 Å². The van der Waals surface area contributed by atoms with Crippen molar-refractivity contribution in [2.24, 2.45) is 5.14 Å². The second-order valence-corrected chi connectivity index (χ2v) is 6.40. The van der Waals surface area contributed by atoms with Gasteiger partial charge >= 0.3 is 0 Å². The molecule has 0 aromatic heterocycles. The van der Waals surface area contributed by atoms with Gasteiger partial charge in [-0.3, -0.25) is 4.79 Å². The second-order valence-electron chi connectivity index (χ2n) is 4.01. The van der Waals surface area contributed by atoms with Crippen molar-refractivity contribution in [3.63, 3.8) is 0 Å². The fourth-order valence-corrected chi connectivity index (χ4v) is 3.29. The van der Waals surface area contributed by atoms with E-state index in [1.807, 2.05) is 13.8 Å². The first-order valence-corrected chi connectivity index (χ1v) is 8.29. The number of carbonyl (C=O) groups excluding carboxylic acids is 1. The van der Waals surface area contributed by atoms with Gasteiger partial charge in [0.15, 0.2) is 5.75 Å². The molecule has 0 unspecified atom stereocenters. The molecule has 0 atom stereocenters. The van der Waals surface area contributed by atoms with E-state index in [0.29, 0.717) is 17.6 Å². The highest BCUT2D eigenvalue weighted by Crippen LogP contribution is 2.33. The molecule has 1 rings (SSSR count). The molecule has 0 spiro atoms. The first-order valence-electron chi connectivity index (χ1n) is 5.95. The third kappa shape index (κ3) is 3.50. The number of nitrogens with zero attached hydrogens (tertiary/aromatic N) is 1. The zero-order chi connectivity index (χ0) is 15.5. The van der Waals surface area contributed by atoms with E-state index in [9.17, 15) is 13.2 Å². The number of rotatable bonds is 5. The van der Waals surface area contributed by atoms with Crippen molar-refractivity contribution < 1.29 is 17.9 Å². The predicted molar refractivity (Wildman–Crippen MR) is 79.3 cm³/mol. The van der Waals surface area contributed by atoms with E-state index in [1.54, 1.807) is 4.90 Å². The summed E-state index contributed by atoms with van der Waals surface area (Å²) in [5.41, 5.74) is 0.241. The van der Waals surface area contributed by atoms with Gasteiger partial charge in [0.2, 0.25) is 10.0 Å². The van der Waals surface area contributed by atoms with Crippen molar-refractivity contribution >= 4 is 31.9 Å². The average Bonchev–Trinajstić information content (AvgIpc) is 2.37. The number of amides is 1. The summed E-state index contributed by atoms with van der Waals surface area (Å²) in [6.07, 6.45) is 0. The zero-order valence-electron chi connectivity index (χ0n) is 11.5. The van der Waals surface area contributed by atoms with E-state index in [-0.39, 0.29) is 22.1 Å². The number of benzene rings is 1. The molecule has 20 heavy (non-hydrogen) atoms. The van der Waals surface area contributed by atoms with Crippen LogP contribution in [0.15, 0.2) is 21.5 Å². The Bertz CT molecular complexity index is 612. The second kappa shape index (κ2) is 6.55. The van der Waals surface area contributed by atoms with Crippen LogP contribution in [0.1, 0.15) is 24.2 Å². The van der Waals surface area contributed by atoms with Crippen LogP contribution in [0.4, 0.5) is 0 Å². The molecule has 0 radical (unpaired) electrons. The number of carbonyl (C=O) groups is 1. The molecule has 2 N–H and O–H groups in total. The summed E-state index contributed by atoms with van der Waals surface area (Å²) in [4.78, 5) is 13.6. The number of nitrogens with two attached hydrogens (primary N) is 1. The Morgan fingerprint density at radius 2 is 1.90 bits per heavy atom. The predicted octanol–water partition coefficient (Wildman–Crippen LogP) is 1.59. The maximum absolute atomic E-state index is 12.3. The molecule has 0 fully saturated rings. The van der Waals surface area contributed by atoms with E-state index < -0.39 is 10.0 Å². The van der Waals surface area contributed by atoms with E-state index in [1.165, 1.54) is 19.2 Å². The van der Waals surface area contributed by atoms with Crippen LogP contribution in [0.5, 0.6) is 5.75 Å². The average molecular weight is 365 g/mol. The number of hydrogen-bond acceptors (Lipinski definition) is 4. The molecule has 6 nitrogen and oxygen atoms in total. The Morgan fingerprint density at radius 3 is 2.30 bits per heavy atom. The van der Waals surface area contributed by atoms with Crippen LogP contribution < -0.4 is 9.88 Å². The Balaban J connectivity index is 3.46. The summed E-state index contributed by atoms with van der Waals surface area (Å²) in [6, 6.07) is 2.76. The lowest BCUT2D eigenvalue weighted by Gasteiger charge is -2.19. The van der Waals surface area contributed by atoms with Crippen molar-refractivity contribution in [2.45, 2.75) is 18.7 Å². The topological polar surface area (TPSA) is 89.7 Å². The molecule has 1 amide bonds. The number of methoxy groups -OCH3 is 1. The number of sulfonamides is 1. The summed E-state index contributed by atoms with van der Waals surface area (Å²) in [5, 5.41) is 5.16. The van der Waals surface area contributed by atoms with E-state index in [4.69, 9.17) is 9.88 Å². The fraction of sp³-hybridized carbons (Fsp3) is 0.417. The summed E-state index contributed by atoms with van der Waals surface area (Å²) in [7, 11) is -2.65. The SMILES string of the molecule is CCN(CC)C(=O)c1cc(Br)c(OC)c(S(N)(=O)=O)c1. The number of primary sulfonamides is 1. The maximum atomic E-state index is 12.3. The van der Waals surface area contributed by atoms with Gasteiger partial charge in [-0.25, -0.2) is 13.6 Å². The molecule has 0 aliphatic heterocycles. The number of hydrogen-bond donors (Lipinski definition) is 1. The molecule has 112 valence electrons. The van der Waals surface area contributed by atoms with Gasteiger partial charge in [0, 0.05) is 18.7 Å². The zero-order valence-corrected chi connectivity index (χ0v) is 13.9. The molecule has 1 aromatic rings. The molecule has 0 saturated heterocycles. The van der Waals surface area contributed by atoms with Crippen LogP contribution in [0.2, 0.25) is 0 Å². The quantitative estimate of drug-likeness (QED) is 0.858. The van der Waals surface area contributed by atoms with E-state index in [2.05, 4.69) is 15.9 Å². The smallest absolute Gasteiger partial charge is 0.253 e. The Labute approximate surface area is 127 Å². The number of ether oxygens (including phenoxy) is 1. The van der Waals surface area contributed by atoms with Gasteiger partial charge in [0.1, 0.15) is 4.90 Å². The highest BCUT2D eigenvalue weighted by atomic mass is 79.9. The van der Waals surface area contributed by atoms with Crippen molar-refractivity contribution in [1.29, 1.82) is 0 Å². The fourth-order valence-electron chi connectivity index (χ4n) is 1.79. The Kier molecular flexibility index (Phi) is 5.55. The normalized spacial score (nSPS) is 11.2. The highest BCUT2D eigenvalue weighted by molar-refractivity contribution is 9.10. The third-order valence-electron chi connectivity index (χ3n) is 2.82. The Morgan fingerprint density at radius 1 is 1.35 bits per heavy atom. The highest BCUT2D eigenvalue weighted by Gasteiger charge is 2.22. The molecule has 8 heteroatoms. The lowest BCUT2D eigenvalue weighted by molar-refractivity contribution is 0.0772. The largest absolute Gasteiger partial charge is 0.494 e. The first kappa shape index (κ1) is 16.9. The van der Waals surface area contributed by atoms with Crippen LogP contribution in [0.3, 0.4) is 0 Å². The molecule has 0 bridgehead atoms. The molecule has 0 aliphatic rings. The lowest BCUT2D eigenvalue weighted by Crippen LogP contribution is -2.30. The first-order chi connectivity index (χ1) is 9.26. The molecule has 0 saturated carbocycles. The standard InChI is InChI=1S/C12H17BrN2O4S/c1-4-15(5-2)12(16)8-6-9(13)11(19-3)10(7-8)20(14,17)18/h6-7H,4-5H2,1-3H3,(H2,14,17,18). The van der Waals surface area contributed by atoms with Crippen molar-refractivity contribution in [3.05, 3.63) is 22.2 Å². The number of halogens is 1. The molecular formula is C12H17BrN2O4S. The van der Waals surface area contributed by atoms with Crippen molar-refractivity contribution in [2.75, 3.05) is 20.2 Å². The van der Waals surface area contributed by atoms with Crippen LogP contribution in [0.25, 0.3) is 0 Å². The van der Waals surface area contributed by atoms with Gasteiger partial charge in [-0.15, -0.1) is 0 Å². The van der Waals surface area contributed by atoms with Gasteiger partial charge in [-0.1, -0.05) is 0 Å². The van der Waals surface area contributed by atoms with Crippen molar-refractivity contribution in [1.82, 2.24) is 4.90 Å². The summed E-state index contributed by atoms with van der Waals surface area (Å²) in [5.74, 6) is -0.174. The van der Waals surface area contributed by atoms with Gasteiger partial charge in [-0.2, -0.15) is 0 Å². The minimum atomic E-state index is -3.99. The monoisotopic (exact) mass is 364 g/mol. The molecule has 0 aliphatic carbocycles. The van der Waals surface area contributed by atoms with Gasteiger partial charge in [0.25, 0.3) is 5.91 Å². The van der Waals surface area contributed by atoms with Crippen molar-refractivity contribution in [3.8, 4) is 5.75 Å². The summed E-state index contributed by atoms with van der Waals surface area (Å²) in [6.45, 7) is 4.76. The summed E-state index contributed by atoms with van der Waals surface area (Å²) >= 11 is 3.20. The summed E-state index contributed by atoms with van der Waals surface area (Å²) < 4.78 is 28.6. The van der Waals surface area contributed by atoms with Crippen LogP contribution in [-0.4, -0.2) is 39.4 Å². The van der Waals surface area contributed by atoms with Gasteiger partial charge < -0.3 is 9.64 Å². The molecule has 1 aromatic carbocycles. The molecular weight excluding hydrogens is 348 g/mol. The lowest BCUT2D eigenvalue weighted by atomic mass is 10.2. The van der Waals surface area contributed by atoms with Crippen LogP contribution in [0, 0.1) is 0 Å². The van der Waals surface area contributed by atoms with E-state index >= 15 is 0 Å².